The summed E-state index contributed by atoms with van der Waals surface area (Å²) >= 11 is 4.85. The summed E-state index contributed by atoms with van der Waals surface area (Å²) in [4.78, 5) is 3.11. The summed E-state index contributed by atoms with van der Waals surface area (Å²) in [5.74, 6) is 0. The van der Waals surface area contributed by atoms with E-state index in [0.29, 0.717) is 17.2 Å². The molecule has 3 nitrogen and oxygen atoms in total. The minimum Gasteiger partial charge on any atom is -0.393 e. The van der Waals surface area contributed by atoms with Crippen molar-refractivity contribution in [3.05, 3.63) is 0 Å². The van der Waals surface area contributed by atoms with Gasteiger partial charge in [-0.05, 0) is 39.7 Å². The van der Waals surface area contributed by atoms with E-state index in [9.17, 15) is 0 Å². The lowest BCUT2D eigenvalue weighted by atomic mass is 10.2. The molecular weight excluding hydrogens is 208 g/mol. The predicted octanol–water partition coefficient (Wildman–Crippen LogP) is 1.55. The quantitative estimate of drug-likeness (QED) is 0.574. The Labute approximate surface area is 98.0 Å². The molecule has 0 aliphatic carbocycles. The van der Waals surface area contributed by atoms with E-state index in [1.165, 1.54) is 6.42 Å². The largest absolute Gasteiger partial charge is 0.393 e. The molecule has 2 N–H and O–H groups in total. The lowest BCUT2D eigenvalue weighted by Gasteiger charge is -2.35. The van der Waals surface area contributed by atoms with Crippen molar-refractivity contribution in [2.45, 2.75) is 45.3 Å². The first-order valence-electron chi connectivity index (χ1n) is 5.74. The van der Waals surface area contributed by atoms with E-state index >= 15 is 0 Å². The third-order valence-electron chi connectivity index (χ3n) is 2.64. The van der Waals surface area contributed by atoms with Crippen LogP contribution in [0, 0.1) is 0 Å². The first-order valence-corrected chi connectivity index (χ1v) is 6.15. The number of hydrogen-bond donors (Lipinski definition) is 1. The predicted molar refractivity (Wildman–Crippen MR) is 67.1 cm³/mol. The normalized spacial score (nSPS) is 27.9. The van der Waals surface area contributed by atoms with E-state index in [2.05, 4.69) is 18.7 Å². The Balaban J connectivity index is 2.12. The van der Waals surface area contributed by atoms with Gasteiger partial charge in [-0.1, -0.05) is 12.2 Å². The van der Waals surface area contributed by atoms with Crippen molar-refractivity contribution in [2.24, 2.45) is 5.73 Å². The van der Waals surface area contributed by atoms with Crippen LogP contribution in [0.15, 0.2) is 0 Å². The van der Waals surface area contributed by atoms with Gasteiger partial charge in [0.05, 0.1) is 17.2 Å². The highest BCUT2D eigenvalue weighted by Crippen LogP contribution is 2.11. The van der Waals surface area contributed by atoms with Crippen molar-refractivity contribution >= 4 is 17.2 Å². The molecule has 4 heteroatoms. The van der Waals surface area contributed by atoms with Gasteiger partial charge in [-0.3, -0.25) is 4.90 Å². The summed E-state index contributed by atoms with van der Waals surface area (Å²) in [5, 5.41) is 0. The molecule has 0 aromatic heterocycles. The molecule has 1 aliphatic heterocycles. The number of rotatable bonds is 5. The van der Waals surface area contributed by atoms with E-state index in [1.807, 2.05) is 0 Å². The smallest absolute Gasteiger partial charge is 0.0727 e. The van der Waals surface area contributed by atoms with Crippen molar-refractivity contribution in [1.82, 2.24) is 4.90 Å². The summed E-state index contributed by atoms with van der Waals surface area (Å²) in [5.41, 5.74) is 5.45. The van der Waals surface area contributed by atoms with Crippen LogP contribution in [0.4, 0.5) is 0 Å². The van der Waals surface area contributed by atoms with E-state index in [-0.39, 0.29) is 0 Å². The maximum atomic E-state index is 5.68. The molecule has 1 aliphatic rings. The fraction of sp³-hybridized carbons (Fsp3) is 0.909. The van der Waals surface area contributed by atoms with Gasteiger partial charge in [-0.2, -0.15) is 0 Å². The van der Waals surface area contributed by atoms with Gasteiger partial charge in [0, 0.05) is 13.1 Å². The summed E-state index contributed by atoms with van der Waals surface area (Å²) < 4.78 is 5.68. The number of nitrogens with two attached hydrogens (primary N) is 1. The van der Waals surface area contributed by atoms with Crippen molar-refractivity contribution < 1.29 is 4.74 Å². The van der Waals surface area contributed by atoms with Crippen LogP contribution in [0.2, 0.25) is 0 Å². The second-order valence-corrected chi connectivity index (χ2v) is 4.96. The molecule has 1 rings (SSSR count). The van der Waals surface area contributed by atoms with Crippen molar-refractivity contribution in [1.29, 1.82) is 0 Å². The van der Waals surface area contributed by atoms with Crippen LogP contribution >= 0.6 is 12.2 Å². The fourth-order valence-electron chi connectivity index (χ4n) is 2.10. The highest BCUT2D eigenvalue weighted by molar-refractivity contribution is 7.80. The molecule has 0 saturated carbocycles. The minimum absolute atomic E-state index is 0.365. The number of morpholine rings is 1. The van der Waals surface area contributed by atoms with Gasteiger partial charge in [0.2, 0.25) is 0 Å². The third-order valence-corrected chi connectivity index (χ3v) is 2.85. The maximum absolute atomic E-state index is 5.68. The van der Waals surface area contributed by atoms with Crippen molar-refractivity contribution in [3.63, 3.8) is 0 Å². The molecule has 2 atom stereocenters. The van der Waals surface area contributed by atoms with E-state index in [4.69, 9.17) is 22.7 Å². The van der Waals surface area contributed by atoms with Crippen molar-refractivity contribution in [2.75, 3.05) is 19.6 Å². The number of ether oxygens (including phenoxy) is 1. The number of thiocarbonyl (C=S) groups is 1. The SMILES string of the molecule is C[C@@H]1CN(CCCCC(N)=S)C[C@H](C)O1. The monoisotopic (exact) mass is 230 g/mol. The molecule has 88 valence electrons. The van der Waals surface area contributed by atoms with Gasteiger partial charge >= 0.3 is 0 Å². The Bertz CT molecular complexity index is 201. The lowest BCUT2D eigenvalue weighted by molar-refractivity contribution is -0.0681. The van der Waals surface area contributed by atoms with Crippen LogP contribution in [0.1, 0.15) is 33.1 Å². The van der Waals surface area contributed by atoms with Crippen LogP contribution in [0.25, 0.3) is 0 Å². The molecule has 0 aromatic carbocycles. The Morgan fingerprint density at radius 3 is 2.47 bits per heavy atom. The van der Waals surface area contributed by atoms with Gasteiger partial charge in [0.25, 0.3) is 0 Å². The van der Waals surface area contributed by atoms with Gasteiger partial charge in [0.15, 0.2) is 0 Å². The Morgan fingerprint density at radius 2 is 1.93 bits per heavy atom. The average molecular weight is 230 g/mol. The summed E-state index contributed by atoms with van der Waals surface area (Å²) in [6.07, 6.45) is 3.89. The van der Waals surface area contributed by atoms with Crippen LogP contribution < -0.4 is 5.73 Å². The van der Waals surface area contributed by atoms with E-state index in [0.717, 1.165) is 32.5 Å². The number of unbranched alkanes of at least 4 members (excludes halogenated alkanes) is 1. The molecule has 1 saturated heterocycles. The van der Waals surface area contributed by atoms with Crippen LogP contribution in [0.5, 0.6) is 0 Å². The Hall–Kier alpha value is -0.190. The molecule has 15 heavy (non-hydrogen) atoms. The Kier molecular flexibility index (Phi) is 5.50. The maximum Gasteiger partial charge on any atom is 0.0727 e. The molecule has 0 unspecified atom stereocenters. The molecule has 1 heterocycles. The third kappa shape index (κ3) is 5.44. The second-order valence-electron chi connectivity index (χ2n) is 4.44. The summed E-state index contributed by atoms with van der Waals surface area (Å²) in [6, 6.07) is 0. The first kappa shape index (κ1) is 12.9. The summed E-state index contributed by atoms with van der Waals surface area (Å²) in [7, 11) is 0. The van der Waals surface area contributed by atoms with Crippen LogP contribution in [-0.4, -0.2) is 41.7 Å². The fourth-order valence-corrected chi connectivity index (χ4v) is 2.25. The topological polar surface area (TPSA) is 38.5 Å². The highest BCUT2D eigenvalue weighted by atomic mass is 32.1. The number of hydrogen-bond acceptors (Lipinski definition) is 3. The van der Waals surface area contributed by atoms with Gasteiger partial charge in [-0.15, -0.1) is 0 Å². The van der Waals surface area contributed by atoms with Gasteiger partial charge in [0.1, 0.15) is 0 Å². The standard InChI is InChI=1S/C11H22N2OS/c1-9-7-13(8-10(2)14-9)6-4-3-5-11(12)15/h9-10H,3-8H2,1-2H3,(H2,12,15)/t9-,10+. The number of nitrogens with zero attached hydrogens (tertiary/aromatic N) is 1. The zero-order chi connectivity index (χ0) is 11.3. The molecule has 0 bridgehead atoms. The molecule has 0 aromatic rings. The van der Waals surface area contributed by atoms with Gasteiger partial charge in [-0.25, -0.2) is 0 Å². The zero-order valence-electron chi connectivity index (χ0n) is 9.74. The van der Waals surface area contributed by atoms with Crippen LogP contribution in [-0.2, 0) is 4.74 Å². The lowest BCUT2D eigenvalue weighted by Crippen LogP contribution is -2.45. The zero-order valence-corrected chi connectivity index (χ0v) is 10.6. The molecule has 0 radical (unpaired) electrons. The second kappa shape index (κ2) is 6.40. The first-order chi connectivity index (χ1) is 7.08. The average Bonchev–Trinajstić information content (AvgIpc) is 2.10. The van der Waals surface area contributed by atoms with Crippen LogP contribution in [0.3, 0.4) is 0 Å². The van der Waals surface area contributed by atoms with Gasteiger partial charge < -0.3 is 10.5 Å². The van der Waals surface area contributed by atoms with Crippen molar-refractivity contribution in [3.8, 4) is 0 Å². The highest BCUT2D eigenvalue weighted by Gasteiger charge is 2.21. The summed E-state index contributed by atoms with van der Waals surface area (Å²) in [6.45, 7) is 7.52. The molecular formula is C11H22N2OS. The van der Waals surface area contributed by atoms with E-state index < -0.39 is 0 Å². The molecule has 1 fully saturated rings. The van der Waals surface area contributed by atoms with E-state index in [1.54, 1.807) is 0 Å². The minimum atomic E-state index is 0.365. The Morgan fingerprint density at radius 1 is 1.33 bits per heavy atom. The molecule has 0 spiro atoms. The molecule has 0 amide bonds.